The number of thiophene rings is 1. The van der Waals surface area contributed by atoms with E-state index in [9.17, 15) is 4.39 Å². The third kappa shape index (κ3) is 2.35. The van der Waals surface area contributed by atoms with Gasteiger partial charge in [-0.25, -0.2) is 9.37 Å². The highest BCUT2D eigenvalue weighted by atomic mass is 79.9. The Balaban J connectivity index is 2.12. The van der Waals surface area contributed by atoms with E-state index in [1.165, 1.54) is 6.07 Å². The Kier molecular flexibility index (Phi) is 3.24. The fourth-order valence-corrected chi connectivity index (χ4v) is 3.53. The van der Waals surface area contributed by atoms with Gasteiger partial charge in [0.25, 0.3) is 0 Å². The number of rotatable bonds is 2. The summed E-state index contributed by atoms with van der Waals surface area (Å²) in [6, 6.07) is 6.83. The molecule has 2 heterocycles. The minimum absolute atomic E-state index is 0.0704. The van der Waals surface area contributed by atoms with Crippen molar-refractivity contribution in [3.8, 4) is 0 Å². The molecule has 0 amide bonds. The molecule has 0 atom stereocenters. The van der Waals surface area contributed by atoms with Crippen molar-refractivity contribution >= 4 is 55.8 Å². The van der Waals surface area contributed by atoms with Gasteiger partial charge in [0.2, 0.25) is 5.95 Å². The molecule has 0 saturated heterocycles. The summed E-state index contributed by atoms with van der Waals surface area (Å²) in [4.78, 5) is 5.28. The molecule has 0 aliphatic heterocycles. The number of imidazole rings is 1. The van der Waals surface area contributed by atoms with Gasteiger partial charge in [0, 0.05) is 10.9 Å². The predicted molar refractivity (Wildman–Crippen MR) is 80.2 cm³/mol. The van der Waals surface area contributed by atoms with E-state index in [2.05, 4.69) is 20.9 Å². The average Bonchev–Trinajstić information content (AvgIpc) is 2.87. The van der Waals surface area contributed by atoms with E-state index < -0.39 is 5.82 Å². The first-order valence-electron chi connectivity index (χ1n) is 5.39. The first kappa shape index (κ1) is 12.9. The van der Waals surface area contributed by atoms with Crippen molar-refractivity contribution in [2.24, 2.45) is 0 Å². The van der Waals surface area contributed by atoms with Crippen LogP contribution in [0.2, 0.25) is 5.02 Å². The van der Waals surface area contributed by atoms with E-state index in [-0.39, 0.29) is 5.02 Å². The lowest BCUT2D eigenvalue weighted by Crippen LogP contribution is -2.03. The quantitative estimate of drug-likeness (QED) is 0.741. The summed E-state index contributed by atoms with van der Waals surface area (Å²) in [5.41, 5.74) is 7.13. The number of hydrogen-bond acceptors (Lipinski definition) is 3. The first-order chi connectivity index (χ1) is 9.04. The van der Waals surface area contributed by atoms with Crippen molar-refractivity contribution in [2.75, 3.05) is 5.73 Å². The second-order valence-electron chi connectivity index (χ2n) is 4.02. The highest BCUT2D eigenvalue weighted by Gasteiger charge is 2.12. The summed E-state index contributed by atoms with van der Waals surface area (Å²) in [7, 11) is 0. The molecule has 3 aromatic rings. The maximum Gasteiger partial charge on any atom is 0.201 e. The summed E-state index contributed by atoms with van der Waals surface area (Å²) >= 11 is 10.8. The number of aromatic nitrogens is 2. The number of hydrogen-bond donors (Lipinski definition) is 1. The van der Waals surface area contributed by atoms with Crippen LogP contribution >= 0.6 is 38.9 Å². The zero-order valence-electron chi connectivity index (χ0n) is 9.53. The lowest BCUT2D eigenvalue weighted by molar-refractivity contribution is 0.629. The lowest BCUT2D eigenvalue weighted by atomic mass is 10.3. The molecule has 2 aromatic heterocycles. The Morgan fingerprint density at radius 3 is 2.89 bits per heavy atom. The predicted octanol–water partition coefficient (Wildman–Crippen LogP) is 4.28. The van der Waals surface area contributed by atoms with Crippen molar-refractivity contribution in [3.63, 3.8) is 0 Å². The number of nitrogens with two attached hydrogens (primary N) is 1. The Labute approximate surface area is 125 Å². The molecule has 0 fully saturated rings. The highest BCUT2D eigenvalue weighted by Crippen LogP contribution is 2.28. The number of nitrogens with zero attached hydrogens (tertiary/aromatic N) is 2. The third-order valence-electron chi connectivity index (χ3n) is 2.76. The molecule has 0 saturated carbocycles. The molecule has 2 N–H and O–H groups in total. The van der Waals surface area contributed by atoms with Gasteiger partial charge < -0.3 is 10.3 Å². The molecule has 7 heteroatoms. The molecule has 0 spiro atoms. The molecule has 3 rings (SSSR count). The van der Waals surface area contributed by atoms with E-state index in [1.54, 1.807) is 17.4 Å². The van der Waals surface area contributed by atoms with Crippen molar-refractivity contribution in [1.29, 1.82) is 0 Å². The van der Waals surface area contributed by atoms with Gasteiger partial charge in [-0.3, -0.25) is 0 Å². The summed E-state index contributed by atoms with van der Waals surface area (Å²) in [6.07, 6.45) is 0. The molecule has 0 radical (unpaired) electrons. The molecule has 0 bridgehead atoms. The SMILES string of the molecule is Nc1nc2cc(F)c(Cl)cc2n1Cc1ccc(Br)s1. The fraction of sp³-hybridized carbons (Fsp3) is 0.0833. The Bertz CT molecular complexity index is 768. The first-order valence-corrected chi connectivity index (χ1v) is 7.38. The molecular formula is C12H8BrClFN3S. The molecule has 1 aromatic carbocycles. The van der Waals surface area contributed by atoms with E-state index in [0.29, 0.717) is 18.0 Å². The van der Waals surface area contributed by atoms with Crippen LogP contribution in [0.3, 0.4) is 0 Å². The summed E-state index contributed by atoms with van der Waals surface area (Å²) < 4.78 is 16.3. The topological polar surface area (TPSA) is 43.8 Å². The van der Waals surface area contributed by atoms with Gasteiger partial charge in [-0.05, 0) is 34.1 Å². The van der Waals surface area contributed by atoms with E-state index in [4.69, 9.17) is 17.3 Å². The van der Waals surface area contributed by atoms with Crippen LogP contribution in [0, 0.1) is 5.82 Å². The second-order valence-corrected chi connectivity index (χ2v) is 6.97. The normalized spacial score (nSPS) is 11.3. The van der Waals surface area contributed by atoms with Crippen LogP contribution in [-0.4, -0.2) is 9.55 Å². The maximum atomic E-state index is 13.4. The largest absolute Gasteiger partial charge is 0.369 e. The molecular weight excluding hydrogens is 353 g/mol. The van der Waals surface area contributed by atoms with Gasteiger partial charge in [0.05, 0.1) is 26.4 Å². The van der Waals surface area contributed by atoms with Gasteiger partial charge in [-0.2, -0.15) is 0 Å². The van der Waals surface area contributed by atoms with Crippen molar-refractivity contribution in [2.45, 2.75) is 6.54 Å². The molecule has 3 nitrogen and oxygen atoms in total. The molecule has 19 heavy (non-hydrogen) atoms. The fourth-order valence-electron chi connectivity index (χ4n) is 1.90. The maximum absolute atomic E-state index is 13.4. The average molecular weight is 361 g/mol. The highest BCUT2D eigenvalue weighted by molar-refractivity contribution is 9.11. The van der Waals surface area contributed by atoms with Crippen LogP contribution in [-0.2, 0) is 6.54 Å². The lowest BCUT2D eigenvalue weighted by Gasteiger charge is -2.04. The monoisotopic (exact) mass is 359 g/mol. The van der Waals surface area contributed by atoms with Crippen LogP contribution in [0.1, 0.15) is 4.88 Å². The minimum atomic E-state index is -0.488. The smallest absolute Gasteiger partial charge is 0.201 e. The van der Waals surface area contributed by atoms with Crippen LogP contribution in [0.5, 0.6) is 0 Å². The van der Waals surface area contributed by atoms with Crippen LogP contribution in [0.25, 0.3) is 11.0 Å². The van der Waals surface area contributed by atoms with Gasteiger partial charge in [-0.15, -0.1) is 11.3 Å². The zero-order chi connectivity index (χ0) is 13.6. The summed E-state index contributed by atoms with van der Waals surface area (Å²) in [5.74, 6) is -0.140. The number of anilines is 1. The third-order valence-corrected chi connectivity index (χ3v) is 4.66. The van der Waals surface area contributed by atoms with Crippen molar-refractivity contribution in [3.05, 3.63) is 43.8 Å². The van der Waals surface area contributed by atoms with Gasteiger partial charge in [0.1, 0.15) is 5.82 Å². The number of fused-ring (bicyclic) bond motifs is 1. The van der Waals surface area contributed by atoms with E-state index in [1.807, 2.05) is 16.7 Å². The van der Waals surface area contributed by atoms with Crippen LogP contribution < -0.4 is 5.73 Å². The molecule has 0 unspecified atom stereocenters. The molecule has 98 valence electrons. The van der Waals surface area contributed by atoms with Gasteiger partial charge in [-0.1, -0.05) is 11.6 Å². The molecule has 0 aliphatic carbocycles. The second kappa shape index (κ2) is 4.77. The van der Waals surface area contributed by atoms with Crippen LogP contribution in [0.4, 0.5) is 10.3 Å². The standard InChI is InChI=1S/C12H8BrClFN3S/c13-11-2-1-6(19-11)5-18-10-3-7(14)8(15)4-9(10)17-12(18)16/h1-4H,5H2,(H2,16,17). The number of halogens is 3. The molecule has 0 aliphatic rings. The Morgan fingerprint density at radius 2 is 2.21 bits per heavy atom. The minimum Gasteiger partial charge on any atom is -0.369 e. The summed E-state index contributed by atoms with van der Waals surface area (Å²) in [5, 5.41) is 0.0704. The van der Waals surface area contributed by atoms with Crippen LogP contribution in [0.15, 0.2) is 28.1 Å². The van der Waals surface area contributed by atoms with Crippen molar-refractivity contribution < 1.29 is 4.39 Å². The van der Waals surface area contributed by atoms with Crippen molar-refractivity contribution in [1.82, 2.24) is 9.55 Å². The van der Waals surface area contributed by atoms with E-state index in [0.717, 1.165) is 14.2 Å². The Hall–Kier alpha value is -1.11. The van der Waals surface area contributed by atoms with Gasteiger partial charge >= 0.3 is 0 Å². The zero-order valence-corrected chi connectivity index (χ0v) is 12.7. The van der Waals surface area contributed by atoms with E-state index >= 15 is 0 Å². The summed E-state index contributed by atoms with van der Waals surface area (Å²) in [6.45, 7) is 0.584. The van der Waals surface area contributed by atoms with Gasteiger partial charge in [0.15, 0.2) is 0 Å². The number of benzene rings is 1. The Morgan fingerprint density at radius 1 is 1.42 bits per heavy atom. The number of nitrogen functional groups attached to an aromatic ring is 1.